The van der Waals surface area contributed by atoms with Gasteiger partial charge < -0.3 is 20.0 Å². The highest BCUT2D eigenvalue weighted by Gasteiger charge is 2.23. The Morgan fingerprint density at radius 3 is 2.64 bits per heavy atom. The van der Waals surface area contributed by atoms with Crippen molar-refractivity contribution in [2.45, 2.75) is 39.7 Å². The van der Waals surface area contributed by atoms with Gasteiger partial charge in [0.25, 0.3) is 0 Å². The molecule has 1 aliphatic rings. The molecule has 0 atom stereocenters. The summed E-state index contributed by atoms with van der Waals surface area (Å²) in [4.78, 5) is 18.7. The van der Waals surface area contributed by atoms with Crippen molar-refractivity contribution in [2.24, 2.45) is 10.9 Å². The Morgan fingerprint density at radius 2 is 2.00 bits per heavy atom. The zero-order valence-corrected chi connectivity index (χ0v) is 19.3. The summed E-state index contributed by atoms with van der Waals surface area (Å²) >= 11 is 0. The van der Waals surface area contributed by atoms with Crippen LogP contribution in [0.1, 0.15) is 37.5 Å². The van der Waals surface area contributed by atoms with E-state index in [2.05, 4.69) is 35.4 Å². The maximum absolute atomic E-state index is 11.6. The third-order valence-corrected chi connectivity index (χ3v) is 5.32. The van der Waals surface area contributed by atoms with Crippen molar-refractivity contribution in [3.63, 3.8) is 0 Å². The van der Waals surface area contributed by atoms with E-state index in [0.717, 1.165) is 60.7 Å². The van der Waals surface area contributed by atoms with Crippen molar-refractivity contribution in [2.75, 3.05) is 26.7 Å². The fourth-order valence-electron chi connectivity index (χ4n) is 3.66. The fraction of sp³-hybridized carbons (Fsp3) is 0.524. The molecule has 1 saturated heterocycles. The molecule has 0 saturated carbocycles. The van der Waals surface area contributed by atoms with Crippen LogP contribution < -0.4 is 10.6 Å². The molecule has 154 valence electrons. The van der Waals surface area contributed by atoms with Crippen LogP contribution in [0.5, 0.6) is 0 Å². The molecular weight excluding hydrogens is 467 g/mol. The smallest absolute Gasteiger partial charge is 0.220 e. The molecule has 7 heteroatoms. The molecule has 1 aromatic carbocycles. The monoisotopic (exact) mass is 498 g/mol. The Morgan fingerprint density at radius 1 is 1.29 bits per heavy atom. The Labute approximate surface area is 184 Å². The minimum atomic E-state index is 0. The molecule has 0 bridgehead atoms. The van der Waals surface area contributed by atoms with Crippen molar-refractivity contribution >= 4 is 46.8 Å². The molecule has 2 N–H and O–H groups in total. The Hall–Kier alpha value is -1.77. The largest absolute Gasteiger partial charge is 0.459 e. The predicted molar refractivity (Wildman–Crippen MR) is 124 cm³/mol. The summed E-state index contributed by atoms with van der Waals surface area (Å²) in [6, 6.07) is 8.11. The predicted octanol–water partition coefficient (Wildman–Crippen LogP) is 3.67. The maximum atomic E-state index is 11.6. The molecule has 0 spiro atoms. The molecule has 0 radical (unpaired) electrons. The Bertz CT molecular complexity index is 810. The molecule has 2 aromatic rings. The van der Waals surface area contributed by atoms with E-state index in [9.17, 15) is 4.79 Å². The molecule has 28 heavy (non-hydrogen) atoms. The third kappa shape index (κ3) is 5.40. The molecule has 1 amide bonds. The number of nitrogens with one attached hydrogen (secondary N) is 2. The number of aryl methyl sites for hydroxylation is 1. The second kappa shape index (κ2) is 10.7. The molecule has 0 unspecified atom stereocenters. The van der Waals surface area contributed by atoms with Crippen molar-refractivity contribution in [3.8, 4) is 0 Å². The molecule has 3 rings (SSSR count). The van der Waals surface area contributed by atoms with Gasteiger partial charge in [0, 0.05) is 44.1 Å². The SMILES string of the molecule is CCNC(=NCc1oc2ccccc2c1C)N1CCC(CC(=O)NC)CC1.I. The van der Waals surface area contributed by atoms with Crippen LogP contribution in [0.25, 0.3) is 11.0 Å². The van der Waals surface area contributed by atoms with Gasteiger partial charge in [0.2, 0.25) is 5.91 Å². The van der Waals surface area contributed by atoms with Crippen molar-refractivity contribution in [1.82, 2.24) is 15.5 Å². The average Bonchev–Trinajstić information content (AvgIpc) is 3.02. The van der Waals surface area contributed by atoms with Gasteiger partial charge in [-0.25, -0.2) is 4.99 Å². The number of furan rings is 1. The lowest BCUT2D eigenvalue weighted by Gasteiger charge is -2.34. The number of likely N-dealkylation sites (tertiary alicyclic amines) is 1. The molecule has 1 fully saturated rings. The number of halogens is 1. The number of para-hydroxylation sites is 1. The van der Waals surface area contributed by atoms with Crippen LogP contribution in [0.2, 0.25) is 0 Å². The Balaban J connectivity index is 0.00000280. The van der Waals surface area contributed by atoms with E-state index in [0.29, 0.717) is 18.9 Å². The lowest BCUT2D eigenvalue weighted by molar-refractivity contribution is -0.121. The number of rotatable bonds is 5. The van der Waals surface area contributed by atoms with Crippen molar-refractivity contribution in [1.29, 1.82) is 0 Å². The first kappa shape index (κ1) is 22.5. The number of nitrogens with zero attached hydrogens (tertiary/aromatic N) is 2. The first-order valence-electron chi connectivity index (χ1n) is 9.83. The molecule has 2 heterocycles. The summed E-state index contributed by atoms with van der Waals surface area (Å²) in [5, 5.41) is 7.28. The standard InChI is InChI=1S/C21H30N4O2.HI/c1-4-23-21(25-11-9-16(10-12-25)13-20(26)22-3)24-14-19-15(2)17-7-5-6-8-18(17)27-19;/h5-8,16H,4,9-14H2,1-3H3,(H,22,26)(H,23,24);1H. The van der Waals surface area contributed by atoms with Crippen molar-refractivity contribution < 1.29 is 9.21 Å². The average molecular weight is 498 g/mol. The number of aliphatic imine (C=N–C) groups is 1. The third-order valence-electron chi connectivity index (χ3n) is 5.32. The van der Waals surface area contributed by atoms with Gasteiger partial charge in [-0.05, 0) is 38.7 Å². The normalized spacial score (nSPS) is 15.4. The molecular formula is C21H31IN4O2. The van der Waals surface area contributed by atoms with E-state index in [1.165, 1.54) is 0 Å². The maximum Gasteiger partial charge on any atom is 0.220 e. The van der Waals surface area contributed by atoms with Gasteiger partial charge in [-0.1, -0.05) is 18.2 Å². The number of hydrogen-bond acceptors (Lipinski definition) is 3. The van der Waals surface area contributed by atoms with E-state index in [1.54, 1.807) is 7.05 Å². The minimum Gasteiger partial charge on any atom is -0.459 e. The number of hydrogen-bond donors (Lipinski definition) is 2. The molecule has 6 nitrogen and oxygen atoms in total. The van der Waals surface area contributed by atoms with E-state index in [1.807, 2.05) is 18.2 Å². The second-order valence-corrected chi connectivity index (χ2v) is 7.12. The van der Waals surface area contributed by atoms with Crippen LogP contribution in [0.3, 0.4) is 0 Å². The number of carbonyl (C=O) groups excluding carboxylic acids is 1. The highest BCUT2D eigenvalue weighted by molar-refractivity contribution is 14.0. The van der Waals surface area contributed by atoms with Crippen LogP contribution >= 0.6 is 24.0 Å². The number of piperidine rings is 1. The van der Waals surface area contributed by atoms with Gasteiger partial charge in [0.1, 0.15) is 17.9 Å². The lowest BCUT2D eigenvalue weighted by Crippen LogP contribution is -2.46. The van der Waals surface area contributed by atoms with Gasteiger partial charge in [0.05, 0.1) is 0 Å². The quantitative estimate of drug-likeness (QED) is 0.375. The number of carbonyl (C=O) groups is 1. The molecule has 1 aliphatic heterocycles. The first-order chi connectivity index (χ1) is 13.1. The van der Waals surface area contributed by atoms with Crippen LogP contribution in [0, 0.1) is 12.8 Å². The fourth-order valence-corrected chi connectivity index (χ4v) is 3.66. The van der Waals surface area contributed by atoms with E-state index in [4.69, 9.17) is 9.41 Å². The van der Waals surface area contributed by atoms with Gasteiger partial charge >= 0.3 is 0 Å². The summed E-state index contributed by atoms with van der Waals surface area (Å²) < 4.78 is 5.99. The first-order valence-corrected chi connectivity index (χ1v) is 9.83. The summed E-state index contributed by atoms with van der Waals surface area (Å²) in [5.74, 6) is 2.44. The summed E-state index contributed by atoms with van der Waals surface area (Å²) in [6.45, 7) is 7.38. The van der Waals surface area contributed by atoms with Gasteiger partial charge in [-0.3, -0.25) is 4.79 Å². The number of amides is 1. The number of guanidine groups is 1. The lowest BCUT2D eigenvalue weighted by atomic mass is 9.93. The molecule has 0 aliphatic carbocycles. The summed E-state index contributed by atoms with van der Waals surface area (Å²) in [5.41, 5.74) is 2.08. The zero-order valence-electron chi connectivity index (χ0n) is 17.0. The minimum absolute atomic E-state index is 0. The van der Waals surface area contributed by atoms with E-state index >= 15 is 0 Å². The van der Waals surface area contributed by atoms with Gasteiger partial charge in [-0.15, -0.1) is 24.0 Å². The van der Waals surface area contributed by atoms with Gasteiger partial charge in [-0.2, -0.15) is 0 Å². The van der Waals surface area contributed by atoms with E-state index < -0.39 is 0 Å². The van der Waals surface area contributed by atoms with Crippen LogP contribution in [-0.2, 0) is 11.3 Å². The highest BCUT2D eigenvalue weighted by Crippen LogP contribution is 2.26. The summed E-state index contributed by atoms with van der Waals surface area (Å²) in [6.07, 6.45) is 2.65. The van der Waals surface area contributed by atoms with E-state index in [-0.39, 0.29) is 29.9 Å². The van der Waals surface area contributed by atoms with Gasteiger partial charge in [0.15, 0.2) is 5.96 Å². The highest BCUT2D eigenvalue weighted by atomic mass is 127. The topological polar surface area (TPSA) is 69.9 Å². The zero-order chi connectivity index (χ0) is 19.2. The Kier molecular flexibility index (Phi) is 8.59. The van der Waals surface area contributed by atoms with Crippen LogP contribution in [0.4, 0.5) is 0 Å². The van der Waals surface area contributed by atoms with Crippen molar-refractivity contribution in [3.05, 3.63) is 35.6 Å². The van der Waals surface area contributed by atoms with Crippen LogP contribution in [0.15, 0.2) is 33.7 Å². The second-order valence-electron chi connectivity index (χ2n) is 7.12. The number of benzene rings is 1. The van der Waals surface area contributed by atoms with Crippen LogP contribution in [-0.4, -0.2) is 43.4 Å². The number of fused-ring (bicyclic) bond motifs is 1. The summed E-state index contributed by atoms with van der Waals surface area (Å²) in [7, 11) is 1.70. The molecule has 1 aromatic heterocycles.